The Morgan fingerprint density at radius 1 is 1.65 bits per heavy atom. The van der Waals surface area contributed by atoms with Crippen molar-refractivity contribution in [2.75, 3.05) is 25.2 Å². The van der Waals surface area contributed by atoms with E-state index in [2.05, 4.69) is 5.32 Å². The van der Waals surface area contributed by atoms with Crippen molar-refractivity contribution in [3.05, 3.63) is 29.6 Å². The molecule has 0 saturated carbocycles. The molecule has 2 unspecified atom stereocenters. The first-order valence-corrected chi connectivity index (χ1v) is 7.61. The minimum absolute atomic E-state index is 0.124. The van der Waals surface area contributed by atoms with E-state index >= 15 is 0 Å². The molecule has 2 N–H and O–H groups in total. The second kappa shape index (κ2) is 8.30. The standard InChI is InChI=1S/C15H19FN2O4S/c1-21-15(17-9-23)13-7-18(14(8-20)22-13)11-3-2-10(4-5-19)12(16)6-11/h2-3,6,8-9,13-15,19H,4-5,7H2,1H3,(H,17,23)/t13-,14?,15?/m0/s1. The van der Waals surface area contributed by atoms with Gasteiger partial charge in [0.25, 0.3) is 0 Å². The van der Waals surface area contributed by atoms with Gasteiger partial charge in [-0.1, -0.05) is 18.3 Å². The molecular weight excluding hydrogens is 323 g/mol. The summed E-state index contributed by atoms with van der Waals surface area (Å²) in [6.45, 7) is 0.220. The van der Waals surface area contributed by atoms with Gasteiger partial charge in [-0.15, -0.1) is 0 Å². The quantitative estimate of drug-likeness (QED) is 0.407. The maximum Gasteiger partial charge on any atom is 0.187 e. The van der Waals surface area contributed by atoms with Gasteiger partial charge in [0.05, 0.1) is 12.0 Å². The molecule has 6 nitrogen and oxygen atoms in total. The lowest BCUT2D eigenvalue weighted by Gasteiger charge is -2.22. The fraction of sp³-hybridized carbons (Fsp3) is 0.467. The van der Waals surface area contributed by atoms with Crippen molar-refractivity contribution in [2.24, 2.45) is 0 Å². The van der Waals surface area contributed by atoms with Crippen LogP contribution in [-0.4, -0.2) is 55.7 Å². The molecule has 0 aliphatic carbocycles. The Morgan fingerprint density at radius 2 is 2.43 bits per heavy atom. The predicted molar refractivity (Wildman–Crippen MR) is 86.8 cm³/mol. The minimum atomic E-state index is -0.826. The molecule has 0 amide bonds. The number of aliphatic hydroxyl groups is 1. The second-order valence-corrected chi connectivity index (χ2v) is 5.28. The Bertz CT molecular complexity index is 560. The largest absolute Gasteiger partial charge is 0.396 e. The first-order valence-electron chi connectivity index (χ1n) is 7.13. The van der Waals surface area contributed by atoms with Crippen LogP contribution in [-0.2, 0) is 20.7 Å². The summed E-state index contributed by atoms with van der Waals surface area (Å²) in [4.78, 5) is 12.9. The smallest absolute Gasteiger partial charge is 0.187 e. The molecule has 0 radical (unpaired) electrons. The van der Waals surface area contributed by atoms with Gasteiger partial charge in [0.1, 0.15) is 11.9 Å². The molecule has 0 aromatic heterocycles. The number of thiocarbonyl (C=S) groups is 1. The Hall–Kier alpha value is -1.61. The van der Waals surface area contributed by atoms with Crippen molar-refractivity contribution >= 4 is 29.7 Å². The van der Waals surface area contributed by atoms with Crippen LogP contribution in [0.1, 0.15) is 5.56 Å². The summed E-state index contributed by atoms with van der Waals surface area (Å²) in [5.74, 6) is -0.426. The lowest BCUT2D eigenvalue weighted by molar-refractivity contribution is -0.121. The topological polar surface area (TPSA) is 71.0 Å². The van der Waals surface area contributed by atoms with Gasteiger partial charge in [-0.05, 0) is 24.1 Å². The molecule has 0 spiro atoms. The minimum Gasteiger partial charge on any atom is -0.396 e. The van der Waals surface area contributed by atoms with Crippen LogP contribution in [0.4, 0.5) is 10.1 Å². The highest BCUT2D eigenvalue weighted by Crippen LogP contribution is 2.27. The monoisotopic (exact) mass is 342 g/mol. The van der Waals surface area contributed by atoms with Gasteiger partial charge in [0.15, 0.2) is 18.7 Å². The van der Waals surface area contributed by atoms with Gasteiger partial charge in [0.2, 0.25) is 0 Å². The fourth-order valence-corrected chi connectivity index (χ4v) is 2.68. The van der Waals surface area contributed by atoms with Crippen LogP contribution in [0.15, 0.2) is 18.2 Å². The zero-order chi connectivity index (χ0) is 16.8. The number of rotatable bonds is 8. The van der Waals surface area contributed by atoms with Crippen LogP contribution in [0.3, 0.4) is 0 Å². The molecule has 23 heavy (non-hydrogen) atoms. The van der Waals surface area contributed by atoms with Gasteiger partial charge in [-0.2, -0.15) is 0 Å². The summed E-state index contributed by atoms with van der Waals surface area (Å²) in [6, 6.07) is 4.63. The molecule has 0 bridgehead atoms. The van der Waals surface area contributed by atoms with Gasteiger partial charge < -0.3 is 24.8 Å². The SMILES string of the molecule is COC(NC=S)[C@@H]1CN(c2ccc(CCO)c(F)c2)C(C=O)O1. The third-order valence-electron chi connectivity index (χ3n) is 3.69. The number of anilines is 1. The van der Waals surface area contributed by atoms with Gasteiger partial charge in [-0.25, -0.2) is 4.39 Å². The number of carbonyl (C=O) groups is 1. The highest BCUT2D eigenvalue weighted by molar-refractivity contribution is 7.78. The first-order chi connectivity index (χ1) is 11.1. The van der Waals surface area contributed by atoms with E-state index in [-0.39, 0.29) is 13.0 Å². The average Bonchev–Trinajstić information content (AvgIpc) is 2.98. The predicted octanol–water partition coefficient (Wildman–Crippen LogP) is 0.610. The molecule has 1 saturated heterocycles. The summed E-state index contributed by atoms with van der Waals surface area (Å²) in [5.41, 5.74) is 2.27. The highest BCUT2D eigenvalue weighted by atomic mass is 32.1. The Labute approximate surface area is 139 Å². The molecule has 1 fully saturated rings. The van der Waals surface area contributed by atoms with Crippen molar-refractivity contribution in [1.29, 1.82) is 0 Å². The Morgan fingerprint density at radius 3 is 3.00 bits per heavy atom. The Kier molecular flexibility index (Phi) is 6.40. The maximum absolute atomic E-state index is 14.0. The normalized spacial score (nSPS) is 22.0. The molecular formula is C15H19FN2O4S. The number of benzene rings is 1. The molecule has 8 heteroatoms. The average molecular weight is 342 g/mol. The lowest BCUT2D eigenvalue weighted by atomic mass is 10.1. The van der Waals surface area contributed by atoms with Crippen molar-refractivity contribution in [1.82, 2.24) is 5.32 Å². The molecule has 3 atom stereocenters. The van der Waals surface area contributed by atoms with Crippen LogP contribution in [0.2, 0.25) is 0 Å². The molecule has 1 aromatic carbocycles. The summed E-state index contributed by atoms with van der Waals surface area (Å²) in [7, 11) is 1.50. The zero-order valence-electron chi connectivity index (χ0n) is 12.6. The Balaban J connectivity index is 2.19. The third-order valence-corrected chi connectivity index (χ3v) is 3.82. The molecule has 126 valence electrons. The molecule has 1 aromatic rings. The lowest BCUT2D eigenvalue weighted by Crippen LogP contribution is -2.42. The van der Waals surface area contributed by atoms with Crippen molar-refractivity contribution in [3.63, 3.8) is 0 Å². The number of ether oxygens (including phenoxy) is 2. The van der Waals surface area contributed by atoms with Crippen LogP contribution < -0.4 is 10.2 Å². The molecule has 1 aliphatic rings. The van der Waals surface area contributed by atoms with Crippen LogP contribution >= 0.6 is 12.2 Å². The maximum atomic E-state index is 14.0. The number of nitrogens with one attached hydrogen (secondary N) is 1. The van der Waals surface area contributed by atoms with Crippen molar-refractivity contribution in [3.8, 4) is 0 Å². The van der Waals surface area contributed by atoms with Gasteiger partial charge in [-0.3, -0.25) is 4.79 Å². The number of aldehydes is 1. The molecule has 1 heterocycles. The number of halogens is 1. The molecule has 1 aliphatic heterocycles. The zero-order valence-corrected chi connectivity index (χ0v) is 13.5. The van der Waals surface area contributed by atoms with Gasteiger partial charge in [0, 0.05) is 19.4 Å². The van der Waals surface area contributed by atoms with E-state index in [1.165, 1.54) is 18.7 Å². The number of aliphatic hydroxyl groups excluding tert-OH is 1. The van der Waals surface area contributed by atoms with Crippen LogP contribution in [0.25, 0.3) is 0 Å². The van der Waals surface area contributed by atoms with Crippen LogP contribution in [0.5, 0.6) is 0 Å². The summed E-state index contributed by atoms with van der Waals surface area (Å²) in [6.07, 6.45) is -0.864. The summed E-state index contributed by atoms with van der Waals surface area (Å²) < 4.78 is 24.9. The number of methoxy groups -OCH3 is 1. The number of hydrogen-bond acceptors (Lipinski definition) is 6. The summed E-state index contributed by atoms with van der Waals surface area (Å²) in [5, 5.41) is 11.7. The second-order valence-electron chi connectivity index (χ2n) is 5.04. The highest BCUT2D eigenvalue weighted by Gasteiger charge is 2.37. The van der Waals surface area contributed by atoms with E-state index in [0.717, 1.165) is 0 Å². The van der Waals surface area contributed by atoms with Crippen molar-refractivity contribution in [2.45, 2.75) is 25.0 Å². The van der Waals surface area contributed by atoms with E-state index in [9.17, 15) is 9.18 Å². The van der Waals surface area contributed by atoms with E-state index in [0.29, 0.717) is 24.1 Å². The number of nitrogens with zero attached hydrogens (tertiary/aromatic N) is 1. The van der Waals surface area contributed by atoms with E-state index in [4.69, 9.17) is 26.8 Å². The third kappa shape index (κ3) is 4.03. The number of carbonyl (C=O) groups excluding carboxylic acids is 1. The van der Waals surface area contributed by atoms with Gasteiger partial charge >= 0.3 is 0 Å². The van der Waals surface area contributed by atoms with E-state index in [1.54, 1.807) is 17.0 Å². The fourth-order valence-electron chi connectivity index (χ4n) is 2.55. The molecule has 2 rings (SSSR count). The number of hydrogen-bond donors (Lipinski definition) is 2. The summed E-state index contributed by atoms with van der Waals surface area (Å²) >= 11 is 4.74. The first kappa shape index (κ1) is 17.7. The van der Waals surface area contributed by atoms with Crippen molar-refractivity contribution < 1.29 is 23.8 Å². The van der Waals surface area contributed by atoms with E-state index in [1.807, 2.05) is 0 Å². The van der Waals surface area contributed by atoms with Crippen LogP contribution in [0, 0.1) is 5.82 Å². The van der Waals surface area contributed by atoms with E-state index < -0.39 is 24.4 Å².